The lowest BCUT2D eigenvalue weighted by molar-refractivity contribution is -0.129. The summed E-state index contributed by atoms with van der Waals surface area (Å²) in [4.78, 5) is 18.5. The van der Waals surface area contributed by atoms with Gasteiger partial charge < -0.3 is 4.90 Å². The third kappa shape index (κ3) is 4.32. The topological polar surface area (TPSA) is 33.2 Å². The lowest BCUT2D eigenvalue weighted by Gasteiger charge is -2.21. The fourth-order valence-electron chi connectivity index (χ4n) is 2.20. The van der Waals surface area contributed by atoms with Crippen LogP contribution < -0.4 is 0 Å². The molecule has 1 amide bonds. The molecule has 1 fully saturated rings. The van der Waals surface area contributed by atoms with Gasteiger partial charge in [-0.2, -0.15) is 11.3 Å². The summed E-state index contributed by atoms with van der Waals surface area (Å²) >= 11 is 3.38. The van der Waals surface area contributed by atoms with E-state index < -0.39 is 0 Å². The smallest absolute Gasteiger partial charge is 0.233 e. The highest BCUT2D eigenvalue weighted by Crippen LogP contribution is 2.29. The second-order valence-electron chi connectivity index (χ2n) is 5.23. The Morgan fingerprint density at radius 3 is 2.76 bits per heavy atom. The van der Waals surface area contributed by atoms with Crippen LogP contribution in [-0.4, -0.2) is 27.6 Å². The minimum atomic E-state index is 0.266. The van der Waals surface area contributed by atoms with Crippen molar-refractivity contribution >= 4 is 29.0 Å². The average molecular weight is 318 g/mol. The van der Waals surface area contributed by atoms with Crippen LogP contribution >= 0.6 is 23.1 Å². The lowest BCUT2D eigenvalue weighted by atomic mass is 10.3. The highest BCUT2D eigenvalue weighted by Gasteiger charge is 2.32. The number of aromatic nitrogens is 1. The van der Waals surface area contributed by atoms with Gasteiger partial charge >= 0.3 is 0 Å². The molecular formula is C16H18N2OS2. The van der Waals surface area contributed by atoms with Crippen molar-refractivity contribution in [1.82, 2.24) is 9.88 Å². The monoisotopic (exact) mass is 318 g/mol. The summed E-state index contributed by atoms with van der Waals surface area (Å²) in [6, 6.07) is 6.58. The van der Waals surface area contributed by atoms with Crippen LogP contribution in [0.15, 0.2) is 41.4 Å². The molecule has 110 valence electrons. The molecule has 0 aliphatic heterocycles. The van der Waals surface area contributed by atoms with E-state index in [-0.39, 0.29) is 5.91 Å². The molecule has 1 saturated carbocycles. The van der Waals surface area contributed by atoms with Crippen LogP contribution in [-0.2, 0) is 17.1 Å². The number of carbonyl (C=O) groups is 1. The number of hydrogen-bond donors (Lipinski definition) is 0. The van der Waals surface area contributed by atoms with Crippen LogP contribution in [0.3, 0.4) is 0 Å². The lowest BCUT2D eigenvalue weighted by Crippen LogP contribution is -2.33. The Bertz CT molecular complexity index is 567. The molecule has 0 bridgehead atoms. The van der Waals surface area contributed by atoms with Gasteiger partial charge in [-0.25, -0.2) is 0 Å². The molecular weight excluding hydrogens is 300 g/mol. The maximum absolute atomic E-state index is 12.4. The maximum atomic E-state index is 12.4. The highest BCUT2D eigenvalue weighted by molar-refractivity contribution is 7.99. The molecule has 3 nitrogen and oxygen atoms in total. The van der Waals surface area contributed by atoms with Crippen LogP contribution in [0.4, 0.5) is 0 Å². The van der Waals surface area contributed by atoms with E-state index in [0.717, 1.165) is 25.1 Å². The second-order valence-corrected chi connectivity index (χ2v) is 7.00. The van der Waals surface area contributed by atoms with Crippen molar-refractivity contribution in [2.75, 3.05) is 5.75 Å². The predicted molar refractivity (Wildman–Crippen MR) is 88.3 cm³/mol. The van der Waals surface area contributed by atoms with Gasteiger partial charge in [-0.05, 0) is 52.9 Å². The first-order valence-corrected chi connectivity index (χ1v) is 9.20. The van der Waals surface area contributed by atoms with Crippen molar-refractivity contribution in [3.8, 4) is 0 Å². The first kappa shape index (κ1) is 14.6. The maximum Gasteiger partial charge on any atom is 0.233 e. The molecule has 0 aromatic carbocycles. The highest BCUT2D eigenvalue weighted by atomic mass is 32.2. The summed E-state index contributed by atoms with van der Waals surface area (Å²) in [6.07, 6.45) is 5.91. The Labute approximate surface area is 133 Å². The fraction of sp³-hybridized carbons (Fsp3) is 0.375. The molecule has 0 N–H and O–H groups in total. The zero-order valence-electron chi connectivity index (χ0n) is 11.8. The summed E-state index contributed by atoms with van der Waals surface area (Å²) in [6.45, 7) is 0.767. The van der Waals surface area contributed by atoms with E-state index in [1.165, 1.54) is 11.1 Å². The van der Waals surface area contributed by atoms with E-state index in [9.17, 15) is 4.79 Å². The van der Waals surface area contributed by atoms with Crippen molar-refractivity contribution in [3.05, 3.63) is 52.5 Å². The Morgan fingerprint density at radius 2 is 2.10 bits per heavy atom. The normalized spacial score (nSPS) is 14.1. The molecule has 0 radical (unpaired) electrons. The molecule has 3 rings (SSSR count). The Balaban J connectivity index is 1.50. The van der Waals surface area contributed by atoms with Gasteiger partial charge in [0.25, 0.3) is 0 Å². The van der Waals surface area contributed by atoms with Crippen molar-refractivity contribution in [3.63, 3.8) is 0 Å². The van der Waals surface area contributed by atoms with Gasteiger partial charge in [0.1, 0.15) is 0 Å². The first-order valence-electron chi connectivity index (χ1n) is 7.10. The SMILES string of the molecule is O=C(CSCc1ccncc1)N(Cc1ccsc1)C1CC1. The summed E-state index contributed by atoms with van der Waals surface area (Å²) in [5.41, 5.74) is 2.47. The second kappa shape index (κ2) is 7.09. The van der Waals surface area contributed by atoms with Gasteiger partial charge in [-0.15, -0.1) is 11.8 Å². The number of nitrogens with zero attached hydrogens (tertiary/aromatic N) is 2. The largest absolute Gasteiger partial charge is 0.335 e. The molecule has 2 heterocycles. The van der Waals surface area contributed by atoms with Crippen molar-refractivity contribution in [2.45, 2.75) is 31.2 Å². The van der Waals surface area contributed by atoms with Gasteiger partial charge in [-0.1, -0.05) is 0 Å². The van der Waals surface area contributed by atoms with E-state index in [1.54, 1.807) is 35.5 Å². The summed E-state index contributed by atoms with van der Waals surface area (Å²) in [7, 11) is 0. The summed E-state index contributed by atoms with van der Waals surface area (Å²) in [5.74, 6) is 1.69. The molecule has 0 spiro atoms. The molecule has 0 atom stereocenters. The van der Waals surface area contributed by atoms with Gasteiger partial charge in [-0.3, -0.25) is 9.78 Å². The molecule has 1 aliphatic rings. The van der Waals surface area contributed by atoms with Crippen LogP contribution in [0.2, 0.25) is 0 Å². The number of thioether (sulfide) groups is 1. The number of amides is 1. The molecule has 5 heteroatoms. The summed E-state index contributed by atoms with van der Waals surface area (Å²) in [5, 5.41) is 4.20. The zero-order valence-corrected chi connectivity index (χ0v) is 13.4. The standard InChI is InChI=1S/C16H18N2OS2/c19-16(12-21-10-13-3-6-17-7-4-13)18(15-1-2-15)9-14-5-8-20-11-14/h3-8,11,15H,1-2,9-10,12H2. The first-order chi connectivity index (χ1) is 10.3. The van der Waals surface area contributed by atoms with Crippen LogP contribution in [0.25, 0.3) is 0 Å². The quantitative estimate of drug-likeness (QED) is 0.782. The van der Waals surface area contributed by atoms with E-state index >= 15 is 0 Å². The van der Waals surface area contributed by atoms with Gasteiger partial charge in [0.2, 0.25) is 5.91 Å². The van der Waals surface area contributed by atoms with Crippen molar-refractivity contribution in [2.24, 2.45) is 0 Å². The van der Waals surface area contributed by atoms with E-state index in [4.69, 9.17) is 0 Å². The Hall–Kier alpha value is -1.33. The molecule has 2 aromatic heterocycles. The van der Waals surface area contributed by atoms with E-state index in [0.29, 0.717) is 11.8 Å². The van der Waals surface area contributed by atoms with Crippen LogP contribution in [0, 0.1) is 0 Å². The van der Waals surface area contributed by atoms with E-state index in [2.05, 4.69) is 26.7 Å². The predicted octanol–water partition coefficient (Wildman–Crippen LogP) is 3.57. The van der Waals surface area contributed by atoms with Crippen LogP contribution in [0.5, 0.6) is 0 Å². The number of thiophene rings is 1. The number of hydrogen-bond acceptors (Lipinski definition) is 4. The fourth-order valence-corrected chi connectivity index (χ4v) is 3.74. The number of carbonyl (C=O) groups excluding carboxylic acids is 1. The zero-order chi connectivity index (χ0) is 14.5. The van der Waals surface area contributed by atoms with Gasteiger partial charge in [0.15, 0.2) is 0 Å². The Morgan fingerprint density at radius 1 is 1.29 bits per heavy atom. The molecule has 2 aromatic rings. The van der Waals surface area contributed by atoms with Crippen LogP contribution in [0.1, 0.15) is 24.0 Å². The third-order valence-corrected chi connectivity index (χ3v) is 5.21. The van der Waals surface area contributed by atoms with Gasteiger partial charge in [0.05, 0.1) is 5.75 Å². The third-order valence-electron chi connectivity index (χ3n) is 3.48. The molecule has 0 saturated heterocycles. The van der Waals surface area contributed by atoms with Crippen molar-refractivity contribution < 1.29 is 4.79 Å². The molecule has 21 heavy (non-hydrogen) atoms. The molecule has 1 aliphatic carbocycles. The number of pyridine rings is 1. The van der Waals surface area contributed by atoms with Crippen molar-refractivity contribution in [1.29, 1.82) is 0 Å². The number of rotatable bonds is 7. The average Bonchev–Trinajstić information content (AvgIpc) is 3.22. The Kier molecular flexibility index (Phi) is 4.93. The minimum absolute atomic E-state index is 0.266. The summed E-state index contributed by atoms with van der Waals surface area (Å²) < 4.78 is 0. The van der Waals surface area contributed by atoms with E-state index in [1.807, 2.05) is 12.1 Å². The minimum Gasteiger partial charge on any atom is -0.335 e. The van der Waals surface area contributed by atoms with Gasteiger partial charge in [0, 0.05) is 30.7 Å². The molecule has 0 unspecified atom stereocenters.